The second kappa shape index (κ2) is 55.3. The molecule has 3 atom stereocenters. The molecule has 0 heterocycles. The molecule has 3 N–H and O–H groups in total. The molecule has 9 heteroatoms. The van der Waals surface area contributed by atoms with Crippen molar-refractivity contribution in [2.45, 2.75) is 360 Å². The van der Waals surface area contributed by atoms with Gasteiger partial charge in [0, 0.05) is 6.42 Å². The first kappa shape index (κ1) is 71.5. The summed E-state index contributed by atoms with van der Waals surface area (Å²) in [4.78, 5) is 23.4. The van der Waals surface area contributed by atoms with Crippen molar-refractivity contribution in [3.05, 3.63) is 0 Å². The highest BCUT2D eigenvalue weighted by atomic mass is 31.2. The van der Waals surface area contributed by atoms with Crippen molar-refractivity contribution < 1.29 is 32.9 Å². The normalized spacial score (nSPS) is 13.7. The minimum Gasteiger partial charge on any atom is -0.391 e. The molecule has 0 aliphatic rings. The van der Waals surface area contributed by atoms with E-state index in [1.807, 2.05) is 21.1 Å². The van der Waals surface area contributed by atoms with Crippen molar-refractivity contribution in [1.29, 1.82) is 0 Å². The molecule has 0 radical (unpaired) electrons. The van der Waals surface area contributed by atoms with E-state index in [9.17, 15) is 19.4 Å². The lowest BCUT2D eigenvalue weighted by atomic mass is 10.0. The largest absolute Gasteiger partial charge is 0.472 e. The van der Waals surface area contributed by atoms with E-state index in [-0.39, 0.29) is 19.1 Å². The van der Waals surface area contributed by atoms with Gasteiger partial charge in [0.2, 0.25) is 5.91 Å². The lowest BCUT2D eigenvalue weighted by Crippen LogP contribution is -2.46. The number of aliphatic hydroxyl groups excluding tert-OH is 1. The average molecular weight is 1040 g/mol. The number of nitrogens with one attached hydrogen (secondary N) is 1. The van der Waals surface area contributed by atoms with Gasteiger partial charge in [0.25, 0.3) is 0 Å². The van der Waals surface area contributed by atoms with Gasteiger partial charge in [0.15, 0.2) is 0 Å². The molecule has 72 heavy (non-hydrogen) atoms. The predicted octanol–water partition coefficient (Wildman–Crippen LogP) is 20.0. The Morgan fingerprint density at radius 2 is 0.667 bits per heavy atom. The Hall–Kier alpha value is -0.500. The fraction of sp³-hybridized carbons (Fsp3) is 0.984. The van der Waals surface area contributed by atoms with E-state index in [0.29, 0.717) is 23.9 Å². The zero-order valence-corrected chi connectivity index (χ0v) is 50.4. The smallest absolute Gasteiger partial charge is 0.391 e. The number of carbonyl (C=O) groups excluding carboxylic acids is 1. The number of hydrogen-bond donors (Lipinski definition) is 3. The minimum absolute atomic E-state index is 0.0793. The number of amides is 1. The third kappa shape index (κ3) is 57.2. The van der Waals surface area contributed by atoms with Gasteiger partial charge >= 0.3 is 7.82 Å². The van der Waals surface area contributed by atoms with Gasteiger partial charge in [0.1, 0.15) is 13.2 Å². The number of phosphoric acid groups is 1. The first-order valence-corrected chi connectivity index (χ1v) is 33.9. The third-order valence-corrected chi connectivity index (χ3v) is 16.3. The number of carbonyl (C=O) groups is 1. The Labute approximate surface area is 450 Å². The Morgan fingerprint density at radius 3 is 0.931 bits per heavy atom. The van der Waals surface area contributed by atoms with E-state index in [0.717, 1.165) is 38.5 Å². The number of quaternary nitrogens is 1. The molecule has 0 aromatic heterocycles. The topological polar surface area (TPSA) is 105 Å². The van der Waals surface area contributed by atoms with Crippen LogP contribution in [0.25, 0.3) is 0 Å². The van der Waals surface area contributed by atoms with Crippen LogP contribution in [0.1, 0.15) is 348 Å². The van der Waals surface area contributed by atoms with Gasteiger partial charge in [-0.15, -0.1) is 0 Å². The van der Waals surface area contributed by atoms with Crippen LogP contribution in [0, 0.1) is 0 Å². The average Bonchev–Trinajstić information content (AvgIpc) is 3.34. The molecule has 0 aromatic rings. The first-order chi connectivity index (χ1) is 35.0. The number of rotatable bonds is 61. The third-order valence-electron chi connectivity index (χ3n) is 15.4. The van der Waals surface area contributed by atoms with Crippen LogP contribution in [0.3, 0.4) is 0 Å². The molecule has 0 spiro atoms. The van der Waals surface area contributed by atoms with Crippen LogP contribution >= 0.6 is 7.82 Å². The molecule has 0 aromatic carbocycles. The van der Waals surface area contributed by atoms with Crippen molar-refractivity contribution in [3.63, 3.8) is 0 Å². The molecule has 432 valence electrons. The molecule has 0 aliphatic heterocycles. The van der Waals surface area contributed by atoms with Crippen molar-refractivity contribution in [3.8, 4) is 0 Å². The number of unbranched alkanes of at least 4 members (excludes halogenated alkanes) is 48. The van der Waals surface area contributed by atoms with Gasteiger partial charge < -0.3 is 19.8 Å². The highest BCUT2D eigenvalue weighted by Gasteiger charge is 2.28. The summed E-state index contributed by atoms with van der Waals surface area (Å²) >= 11 is 0. The van der Waals surface area contributed by atoms with E-state index in [1.165, 1.54) is 283 Å². The summed E-state index contributed by atoms with van der Waals surface area (Å²) in [6.45, 7) is 4.96. The molecule has 0 aliphatic carbocycles. The Kier molecular flexibility index (Phi) is 54.9. The van der Waals surface area contributed by atoms with E-state index in [2.05, 4.69) is 19.2 Å². The predicted molar refractivity (Wildman–Crippen MR) is 314 cm³/mol. The van der Waals surface area contributed by atoms with Crippen LogP contribution in [-0.2, 0) is 18.4 Å². The fourth-order valence-electron chi connectivity index (χ4n) is 10.3. The summed E-state index contributed by atoms with van der Waals surface area (Å²) in [5.74, 6) is -0.135. The number of hydrogen-bond acceptors (Lipinski definition) is 5. The molecular weight excluding hydrogens is 912 g/mol. The summed E-state index contributed by atoms with van der Waals surface area (Å²) in [5, 5.41) is 14.1. The van der Waals surface area contributed by atoms with Crippen molar-refractivity contribution in [2.75, 3.05) is 40.9 Å². The van der Waals surface area contributed by atoms with Crippen LogP contribution in [0.5, 0.6) is 0 Å². The highest BCUT2D eigenvalue weighted by Crippen LogP contribution is 2.43. The fourth-order valence-corrected chi connectivity index (χ4v) is 11.0. The maximum atomic E-state index is 13.0. The molecule has 0 rings (SSSR count). The number of likely N-dealkylation sites (N-methyl/N-ethyl adjacent to an activating group) is 1. The molecule has 0 fully saturated rings. The Bertz CT molecular complexity index is 1140. The maximum Gasteiger partial charge on any atom is 0.472 e. The van der Waals surface area contributed by atoms with Crippen LogP contribution in [0.2, 0.25) is 0 Å². The van der Waals surface area contributed by atoms with Crippen LogP contribution in [-0.4, -0.2) is 73.4 Å². The zero-order valence-electron chi connectivity index (χ0n) is 49.5. The quantitative estimate of drug-likeness (QED) is 0.0318. The number of phosphoric ester groups is 1. The van der Waals surface area contributed by atoms with E-state index in [4.69, 9.17) is 9.05 Å². The summed E-state index contributed by atoms with van der Waals surface area (Å²) < 4.78 is 23.8. The zero-order chi connectivity index (χ0) is 52.7. The second-order valence-corrected chi connectivity index (χ2v) is 25.3. The summed E-state index contributed by atoms with van der Waals surface area (Å²) in [5.41, 5.74) is 0. The Balaban J connectivity index is 4.00. The summed E-state index contributed by atoms with van der Waals surface area (Å²) in [7, 11) is 1.64. The summed E-state index contributed by atoms with van der Waals surface area (Å²) in [6.07, 6.45) is 67.6. The Morgan fingerprint density at radius 1 is 0.417 bits per heavy atom. The standard InChI is InChI=1S/C63H129N2O6P/c1-6-8-10-12-14-16-18-20-22-24-26-27-28-29-30-31-32-33-34-35-36-37-39-40-42-44-46-48-50-52-54-56-62(66)61(60-71-72(68,69)70-59-58-65(3,4)5)64-63(67)57-55-53-51-49-47-45-43-41-38-25-23-21-19-17-15-13-11-9-7-2/h61-62,66H,6-60H2,1-5H3,(H-,64,67,68,69)/p+1. The number of nitrogens with zero attached hydrogens (tertiary/aromatic N) is 1. The van der Waals surface area contributed by atoms with Crippen molar-refractivity contribution in [2.24, 2.45) is 0 Å². The van der Waals surface area contributed by atoms with Gasteiger partial charge in [-0.1, -0.05) is 328 Å². The SMILES string of the molecule is CCCCCCCCCCCCCCCCCCCCCCCCCCCCCCCCCC(O)C(COP(=O)(O)OCC[N+](C)(C)C)NC(=O)CCCCCCCCCCCCCCCCCCCCC. The van der Waals surface area contributed by atoms with E-state index in [1.54, 1.807) is 0 Å². The first-order valence-electron chi connectivity index (χ1n) is 32.4. The molecule has 1 amide bonds. The number of aliphatic hydroxyl groups is 1. The highest BCUT2D eigenvalue weighted by molar-refractivity contribution is 7.47. The molecule has 0 saturated carbocycles. The van der Waals surface area contributed by atoms with Crippen molar-refractivity contribution >= 4 is 13.7 Å². The van der Waals surface area contributed by atoms with Crippen LogP contribution < -0.4 is 5.32 Å². The van der Waals surface area contributed by atoms with Gasteiger partial charge in [-0.25, -0.2) is 4.57 Å². The molecule has 0 bridgehead atoms. The molecule has 3 unspecified atom stereocenters. The van der Waals surface area contributed by atoms with Gasteiger partial charge in [-0.3, -0.25) is 13.8 Å². The lowest BCUT2D eigenvalue weighted by molar-refractivity contribution is -0.870. The molecule has 0 saturated heterocycles. The lowest BCUT2D eigenvalue weighted by Gasteiger charge is -2.26. The molecule has 8 nitrogen and oxygen atoms in total. The van der Waals surface area contributed by atoms with E-state index >= 15 is 0 Å². The van der Waals surface area contributed by atoms with Crippen molar-refractivity contribution in [1.82, 2.24) is 5.32 Å². The summed E-state index contributed by atoms with van der Waals surface area (Å²) in [6, 6.07) is -0.756. The van der Waals surface area contributed by atoms with Crippen LogP contribution in [0.15, 0.2) is 0 Å². The maximum absolute atomic E-state index is 13.0. The van der Waals surface area contributed by atoms with Gasteiger partial charge in [-0.05, 0) is 12.8 Å². The monoisotopic (exact) mass is 1040 g/mol. The minimum atomic E-state index is -4.32. The van der Waals surface area contributed by atoms with Gasteiger partial charge in [-0.2, -0.15) is 0 Å². The van der Waals surface area contributed by atoms with Crippen LogP contribution in [0.4, 0.5) is 0 Å². The van der Waals surface area contributed by atoms with E-state index < -0.39 is 20.0 Å². The van der Waals surface area contributed by atoms with Gasteiger partial charge in [0.05, 0.1) is 39.9 Å². The molecular formula is C63H130N2O6P+. The second-order valence-electron chi connectivity index (χ2n) is 23.9.